The Hall–Kier alpha value is 0.270. The Labute approximate surface area is 74.3 Å². The SMILES string of the molecule is CCSCCCNCCCN. The molecule has 2 nitrogen and oxygen atoms in total. The van der Waals surface area contributed by atoms with Crippen molar-refractivity contribution in [2.24, 2.45) is 5.73 Å². The van der Waals surface area contributed by atoms with E-state index in [1.54, 1.807) is 0 Å². The van der Waals surface area contributed by atoms with Gasteiger partial charge in [0.1, 0.15) is 0 Å². The highest BCUT2D eigenvalue weighted by atomic mass is 32.2. The lowest BCUT2D eigenvalue weighted by molar-refractivity contribution is 0.647. The van der Waals surface area contributed by atoms with Gasteiger partial charge < -0.3 is 11.1 Å². The standard InChI is InChI=1S/C8H20N2S/c1-2-11-8-4-7-10-6-3-5-9/h10H,2-9H2,1H3. The lowest BCUT2D eigenvalue weighted by Gasteiger charge is -2.02. The third-order valence-corrected chi connectivity index (χ3v) is 2.39. The van der Waals surface area contributed by atoms with Crippen LogP contribution in [0.25, 0.3) is 0 Å². The molecule has 0 aromatic rings. The first kappa shape index (κ1) is 11.3. The van der Waals surface area contributed by atoms with E-state index in [1.165, 1.54) is 17.9 Å². The number of hydrogen-bond acceptors (Lipinski definition) is 3. The second-order valence-electron chi connectivity index (χ2n) is 2.44. The lowest BCUT2D eigenvalue weighted by atomic mass is 10.4. The molecule has 3 heteroatoms. The molecule has 0 heterocycles. The Morgan fingerprint density at radius 2 is 2.00 bits per heavy atom. The first-order valence-electron chi connectivity index (χ1n) is 4.40. The Morgan fingerprint density at radius 3 is 2.64 bits per heavy atom. The fraction of sp³-hybridized carbons (Fsp3) is 1.00. The molecule has 0 atom stereocenters. The predicted octanol–water partition coefficient (Wildman–Crippen LogP) is 1.07. The van der Waals surface area contributed by atoms with Crippen LogP contribution in [0.2, 0.25) is 0 Å². The van der Waals surface area contributed by atoms with Gasteiger partial charge in [-0.2, -0.15) is 11.8 Å². The average Bonchev–Trinajstić information content (AvgIpc) is 2.03. The van der Waals surface area contributed by atoms with Gasteiger partial charge in [0.15, 0.2) is 0 Å². The van der Waals surface area contributed by atoms with Gasteiger partial charge in [-0.3, -0.25) is 0 Å². The van der Waals surface area contributed by atoms with Crippen molar-refractivity contribution in [2.75, 3.05) is 31.1 Å². The molecule has 0 aliphatic heterocycles. The second-order valence-corrected chi connectivity index (χ2v) is 3.84. The van der Waals surface area contributed by atoms with Crippen LogP contribution in [0.1, 0.15) is 19.8 Å². The van der Waals surface area contributed by atoms with E-state index in [0.717, 1.165) is 26.1 Å². The fourth-order valence-corrected chi connectivity index (χ4v) is 1.43. The van der Waals surface area contributed by atoms with Gasteiger partial charge in [0.05, 0.1) is 0 Å². The summed E-state index contributed by atoms with van der Waals surface area (Å²) in [7, 11) is 0. The summed E-state index contributed by atoms with van der Waals surface area (Å²) in [5.74, 6) is 2.52. The molecule has 0 radical (unpaired) electrons. The number of rotatable bonds is 8. The topological polar surface area (TPSA) is 38.0 Å². The van der Waals surface area contributed by atoms with Crippen molar-refractivity contribution in [3.8, 4) is 0 Å². The molecule has 68 valence electrons. The summed E-state index contributed by atoms with van der Waals surface area (Å²) in [4.78, 5) is 0. The minimum absolute atomic E-state index is 0.802. The molecule has 0 spiro atoms. The number of nitrogens with one attached hydrogen (secondary N) is 1. The van der Waals surface area contributed by atoms with Crippen molar-refractivity contribution >= 4 is 11.8 Å². The summed E-state index contributed by atoms with van der Waals surface area (Å²) < 4.78 is 0. The van der Waals surface area contributed by atoms with E-state index in [4.69, 9.17) is 5.73 Å². The van der Waals surface area contributed by atoms with Crippen LogP contribution >= 0.6 is 11.8 Å². The van der Waals surface area contributed by atoms with E-state index in [1.807, 2.05) is 11.8 Å². The minimum Gasteiger partial charge on any atom is -0.330 e. The molecule has 0 amide bonds. The first-order valence-corrected chi connectivity index (χ1v) is 5.55. The molecule has 0 saturated heterocycles. The molecule has 0 aliphatic carbocycles. The molecule has 0 aromatic heterocycles. The van der Waals surface area contributed by atoms with E-state index in [9.17, 15) is 0 Å². The second kappa shape index (κ2) is 10.3. The minimum atomic E-state index is 0.802. The van der Waals surface area contributed by atoms with E-state index in [0.29, 0.717) is 0 Å². The maximum absolute atomic E-state index is 5.35. The normalized spacial score (nSPS) is 10.4. The van der Waals surface area contributed by atoms with Gasteiger partial charge in [0.25, 0.3) is 0 Å². The molecule has 0 unspecified atom stereocenters. The Morgan fingerprint density at radius 1 is 1.27 bits per heavy atom. The van der Waals surface area contributed by atoms with Gasteiger partial charge in [-0.05, 0) is 44.0 Å². The summed E-state index contributed by atoms with van der Waals surface area (Å²) in [5.41, 5.74) is 5.35. The van der Waals surface area contributed by atoms with Crippen molar-refractivity contribution in [2.45, 2.75) is 19.8 Å². The fourth-order valence-electron chi connectivity index (χ4n) is 0.796. The zero-order valence-corrected chi connectivity index (χ0v) is 8.25. The van der Waals surface area contributed by atoms with Crippen molar-refractivity contribution in [3.05, 3.63) is 0 Å². The van der Waals surface area contributed by atoms with Gasteiger partial charge in [0.2, 0.25) is 0 Å². The van der Waals surface area contributed by atoms with Crippen LogP contribution in [0.3, 0.4) is 0 Å². The molecule has 0 aliphatic rings. The highest BCUT2D eigenvalue weighted by Crippen LogP contribution is 1.99. The maximum Gasteiger partial charge on any atom is -0.00369 e. The quantitative estimate of drug-likeness (QED) is 0.543. The molecule has 0 fully saturated rings. The maximum atomic E-state index is 5.35. The van der Waals surface area contributed by atoms with Crippen LogP contribution in [0.5, 0.6) is 0 Å². The van der Waals surface area contributed by atoms with Gasteiger partial charge in [0, 0.05) is 0 Å². The Bertz CT molecular complexity index is 61.1. The van der Waals surface area contributed by atoms with Gasteiger partial charge in [-0.25, -0.2) is 0 Å². The number of thioether (sulfide) groups is 1. The van der Waals surface area contributed by atoms with Crippen LogP contribution in [0.4, 0.5) is 0 Å². The van der Waals surface area contributed by atoms with E-state index in [-0.39, 0.29) is 0 Å². The molecule has 0 aromatic carbocycles. The zero-order chi connectivity index (χ0) is 8.36. The predicted molar refractivity (Wildman–Crippen MR) is 54.2 cm³/mol. The third kappa shape index (κ3) is 10.3. The Balaban J connectivity index is 2.69. The van der Waals surface area contributed by atoms with Gasteiger partial charge in [-0.15, -0.1) is 0 Å². The highest BCUT2D eigenvalue weighted by molar-refractivity contribution is 7.99. The summed E-state index contributed by atoms with van der Waals surface area (Å²) >= 11 is 2.01. The first-order chi connectivity index (χ1) is 5.41. The van der Waals surface area contributed by atoms with Crippen LogP contribution < -0.4 is 11.1 Å². The monoisotopic (exact) mass is 176 g/mol. The summed E-state index contributed by atoms with van der Waals surface area (Å²) in [6.07, 6.45) is 2.38. The van der Waals surface area contributed by atoms with E-state index >= 15 is 0 Å². The molecule has 0 saturated carbocycles. The molecular weight excluding hydrogens is 156 g/mol. The lowest BCUT2D eigenvalue weighted by Crippen LogP contribution is -2.19. The van der Waals surface area contributed by atoms with Crippen LogP contribution in [-0.4, -0.2) is 31.1 Å². The van der Waals surface area contributed by atoms with E-state index < -0.39 is 0 Å². The van der Waals surface area contributed by atoms with Gasteiger partial charge in [-0.1, -0.05) is 6.92 Å². The summed E-state index contributed by atoms with van der Waals surface area (Å²) in [5, 5.41) is 3.35. The average molecular weight is 176 g/mol. The number of nitrogens with two attached hydrogens (primary N) is 1. The third-order valence-electron chi connectivity index (χ3n) is 1.40. The van der Waals surface area contributed by atoms with Crippen LogP contribution in [0, 0.1) is 0 Å². The van der Waals surface area contributed by atoms with Crippen molar-refractivity contribution in [3.63, 3.8) is 0 Å². The zero-order valence-electron chi connectivity index (χ0n) is 7.44. The molecule has 11 heavy (non-hydrogen) atoms. The largest absolute Gasteiger partial charge is 0.330 e. The smallest absolute Gasteiger partial charge is 0.00369 e. The van der Waals surface area contributed by atoms with E-state index in [2.05, 4.69) is 12.2 Å². The van der Waals surface area contributed by atoms with Gasteiger partial charge >= 0.3 is 0 Å². The molecular formula is C8H20N2S. The molecule has 0 rings (SSSR count). The Kier molecular flexibility index (Phi) is 10.5. The molecule has 3 N–H and O–H groups in total. The van der Waals surface area contributed by atoms with Crippen LogP contribution in [0.15, 0.2) is 0 Å². The van der Waals surface area contributed by atoms with Crippen molar-refractivity contribution < 1.29 is 0 Å². The highest BCUT2D eigenvalue weighted by Gasteiger charge is 1.87. The van der Waals surface area contributed by atoms with Crippen LogP contribution in [-0.2, 0) is 0 Å². The number of hydrogen-bond donors (Lipinski definition) is 2. The summed E-state index contributed by atoms with van der Waals surface area (Å²) in [6, 6.07) is 0. The summed E-state index contributed by atoms with van der Waals surface area (Å²) in [6.45, 7) is 5.23. The van der Waals surface area contributed by atoms with Crippen molar-refractivity contribution in [1.82, 2.24) is 5.32 Å². The van der Waals surface area contributed by atoms with Crippen molar-refractivity contribution in [1.29, 1.82) is 0 Å². The molecule has 0 bridgehead atoms.